The minimum atomic E-state index is 0.478. The average Bonchev–Trinajstić information content (AvgIpc) is 2.83. The molecule has 1 aromatic rings. The standard InChI is InChI=1S/C15H24N2/c1-3-17(15-9-4-5-10-15)12(2)13-7-6-8-14(16)11-13/h6-8,11-12,15H,3-5,9-10,16H2,1-2H3. The van der Waals surface area contributed by atoms with E-state index in [-0.39, 0.29) is 0 Å². The van der Waals surface area contributed by atoms with E-state index >= 15 is 0 Å². The first kappa shape index (κ1) is 12.4. The van der Waals surface area contributed by atoms with Gasteiger partial charge in [-0.3, -0.25) is 4.90 Å². The Bertz CT molecular complexity index is 356. The summed E-state index contributed by atoms with van der Waals surface area (Å²) in [6.07, 6.45) is 5.51. The van der Waals surface area contributed by atoms with Crippen LogP contribution < -0.4 is 5.73 Å². The van der Waals surface area contributed by atoms with E-state index in [4.69, 9.17) is 5.73 Å². The highest BCUT2D eigenvalue weighted by molar-refractivity contribution is 5.41. The van der Waals surface area contributed by atoms with Crippen LogP contribution in [0.2, 0.25) is 0 Å². The highest BCUT2D eigenvalue weighted by Gasteiger charge is 2.25. The van der Waals surface area contributed by atoms with Crippen molar-refractivity contribution in [3.63, 3.8) is 0 Å². The SMILES string of the molecule is CCN(C1CCCC1)C(C)c1cccc(N)c1. The summed E-state index contributed by atoms with van der Waals surface area (Å²) in [6, 6.07) is 9.58. The molecule has 0 heterocycles. The summed E-state index contributed by atoms with van der Waals surface area (Å²) in [6.45, 7) is 5.69. The third kappa shape index (κ3) is 2.81. The highest BCUT2D eigenvalue weighted by Crippen LogP contribution is 2.31. The van der Waals surface area contributed by atoms with Gasteiger partial charge in [-0.25, -0.2) is 0 Å². The lowest BCUT2D eigenvalue weighted by molar-refractivity contribution is 0.154. The van der Waals surface area contributed by atoms with Gasteiger partial charge in [-0.2, -0.15) is 0 Å². The third-order valence-corrected chi connectivity index (χ3v) is 4.05. The van der Waals surface area contributed by atoms with Crippen LogP contribution in [0.15, 0.2) is 24.3 Å². The second-order valence-electron chi connectivity index (χ2n) is 5.11. The molecule has 2 nitrogen and oxygen atoms in total. The van der Waals surface area contributed by atoms with Gasteiger partial charge in [-0.1, -0.05) is 31.9 Å². The molecule has 0 aliphatic heterocycles. The van der Waals surface area contributed by atoms with Crippen molar-refractivity contribution in [3.05, 3.63) is 29.8 Å². The molecule has 1 aliphatic carbocycles. The van der Waals surface area contributed by atoms with Crippen molar-refractivity contribution >= 4 is 5.69 Å². The Morgan fingerprint density at radius 1 is 1.35 bits per heavy atom. The van der Waals surface area contributed by atoms with E-state index in [1.54, 1.807) is 0 Å². The van der Waals surface area contributed by atoms with Crippen LogP contribution in [0.1, 0.15) is 51.1 Å². The molecule has 0 amide bonds. The van der Waals surface area contributed by atoms with Crippen LogP contribution in [0.3, 0.4) is 0 Å². The minimum absolute atomic E-state index is 0.478. The van der Waals surface area contributed by atoms with E-state index in [0.717, 1.165) is 18.3 Å². The number of rotatable bonds is 4. The van der Waals surface area contributed by atoms with Gasteiger partial charge in [0.15, 0.2) is 0 Å². The van der Waals surface area contributed by atoms with E-state index in [1.807, 2.05) is 6.07 Å². The van der Waals surface area contributed by atoms with Crippen LogP contribution in [0, 0.1) is 0 Å². The summed E-state index contributed by atoms with van der Waals surface area (Å²) < 4.78 is 0. The predicted octanol–water partition coefficient (Wildman–Crippen LogP) is 3.59. The molecule has 0 bridgehead atoms. The van der Waals surface area contributed by atoms with E-state index in [9.17, 15) is 0 Å². The van der Waals surface area contributed by atoms with Crippen molar-refractivity contribution in [1.29, 1.82) is 0 Å². The molecular weight excluding hydrogens is 208 g/mol. The smallest absolute Gasteiger partial charge is 0.0323 e. The molecule has 1 saturated carbocycles. The first-order valence-electron chi connectivity index (χ1n) is 6.83. The lowest BCUT2D eigenvalue weighted by Gasteiger charge is -2.33. The van der Waals surface area contributed by atoms with Crippen LogP contribution in [-0.4, -0.2) is 17.5 Å². The van der Waals surface area contributed by atoms with Gasteiger partial charge < -0.3 is 5.73 Å². The number of nitrogens with two attached hydrogens (primary N) is 1. The maximum Gasteiger partial charge on any atom is 0.0323 e. The molecule has 1 aliphatic rings. The average molecular weight is 232 g/mol. The topological polar surface area (TPSA) is 29.3 Å². The quantitative estimate of drug-likeness (QED) is 0.804. The Kier molecular flexibility index (Phi) is 4.06. The van der Waals surface area contributed by atoms with Gasteiger partial charge in [0.25, 0.3) is 0 Å². The van der Waals surface area contributed by atoms with Crippen LogP contribution >= 0.6 is 0 Å². The maximum atomic E-state index is 5.87. The van der Waals surface area contributed by atoms with Crippen molar-refractivity contribution in [2.45, 2.75) is 51.6 Å². The van der Waals surface area contributed by atoms with Crippen LogP contribution in [-0.2, 0) is 0 Å². The number of benzene rings is 1. The van der Waals surface area contributed by atoms with E-state index in [0.29, 0.717) is 6.04 Å². The molecule has 2 N–H and O–H groups in total. The van der Waals surface area contributed by atoms with Crippen LogP contribution in [0.25, 0.3) is 0 Å². The fourth-order valence-electron chi connectivity index (χ4n) is 3.09. The monoisotopic (exact) mass is 232 g/mol. The Morgan fingerprint density at radius 2 is 2.06 bits per heavy atom. The first-order valence-corrected chi connectivity index (χ1v) is 6.83. The molecule has 0 spiro atoms. The molecule has 17 heavy (non-hydrogen) atoms. The fraction of sp³-hybridized carbons (Fsp3) is 0.600. The molecule has 1 atom stereocenters. The number of nitrogen functional groups attached to an aromatic ring is 1. The highest BCUT2D eigenvalue weighted by atomic mass is 15.2. The van der Waals surface area contributed by atoms with Gasteiger partial charge >= 0.3 is 0 Å². The van der Waals surface area contributed by atoms with Crippen LogP contribution in [0.4, 0.5) is 5.69 Å². The summed E-state index contributed by atoms with van der Waals surface area (Å²) in [5, 5.41) is 0. The zero-order valence-corrected chi connectivity index (χ0v) is 11.0. The Labute approximate surface area is 105 Å². The summed E-state index contributed by atoms with van der Waals surface area (Å²) in [7, 11) is 0. The van der Waals surface area contributed by atoms with Crippen molar-refractivity contribution in [3.8, 4) is 0 Å². The molecule has 1 unspecified atom stereocenters. The van der Waals surface area contributed by atoms with Gasteiger partial charge in [0.2, 0.25) is 0 Å². The zero-order valence-electron chi connectivity index (χ0n) is 11.0. The molecule has 0 saturated heterocycles. The Balaban J connectivity index is 2.13. The predicted molar refractivity (Wildman–Crippen MR) is 73.9 cm³/mol. The second kappa shape index (κ2) is 5.54. The molecule has 0 radical (unpaired) electrons. The summed E-state index contributed by atoms with van der Waals surface area (Å²) in [5.74, 6) is 0. The van der Waals surface area contributed by atoms with Gasteiger partial charge in [0.1, 0.15) is 0 Å². The third-order valence-electron chi connectivity index (χ3n) is 4.05. The number of anilines is 1. The summed E-state index contributed by atoms with van der Waals surface area (Å²) in [4.78, 5) is 2.63. The van der Waals surface area contributed by atoms with E-state index in [1.165, 1.54) is 31.2 Å². The Morgan fingerprint density at radius 3 is 2.65 bits per heavy atom. The first-order chi connectivity index (χ1) is 8.22. The number of nitrogens with zero attached hydrogens (tertiary/aromatic N) is 1. The normalized spacial score (nSPS) is 18.8. The van der Waals surface area contributed by atoms with Crippen molar-refractivity contribution in [2.75, 3.05) is 12.3 Å². The molecule has 2 rings (SSSR count). The molecule has 1 aromatic carbocycles. The number of hydrogen-bond acceptors (Lipinski definition) is 2. The van der Waals surface area contributed by atoms with Crippen molar-refractivity contribution in [2.24, 2.45) is 0 Å². The summed E-state index contributed by atoms with van der Waals surface area (Å²) >= 11 is 0. The van der Waals surface area contributed by atoms with Crippen molar-refractivity contribution in [1.82, 2.24) is 4.90 Å². The van der Waals surface area contributed by atoms with Gasteiger partial charge in [-0.15, -0.1) is 0 Å². The van der Waals surface area contributed by atoms with Gasteiger partial charge in [0.05, 0.1) is 0 Å². The second-order valence-corrected chi connectivity index (χ2v) is 5.11. The van der Waals surface area contributed by atoms with Crippen molar-refractivity contribution < 1.29 is 0 Å². The molecule has 2 heteroatoms. The lowest BCUT2D eigenvalue weighted by Crippen LogP contribution is -2.35. The van der Waals surface area contributed by atoms with E-state index in [2.05, 4.69) is 36.9 Å². The van der Waals surface area contributed by atoms with Gasteiger partial charge in [0, 0.05) is 17.8 Å². The van der Waals surface area contributed by atoms with E-state index < -0.39 is 0 Å². The lowest BCUT2D eigenvalue weighted by atomic mass is 10.0. The largest absolute Gasteiger partial charge is 0.399 e. The fourth-order valence-corrected chi connectivity index (χ4v) is 3.09. The molecule has 1 fully saturated rings. The zero-order chi connectivity index (χ0) is 12.3. The summed E-state index contributed by atoms with van der Waals surface area (Å²) in [5.41, 5.74) is 8.09. The van der Waals surface area contributed by atoms with Crippen LogP contribution in [0.5, 0.6) is 0 Å². The number of hydrogen-bond donors (Lipinski definition) is 1. The molecule has 94 valence electrons. The molecule has 0 aromatic heterocycles. The van der Waals surface area contributed by atoms with Gasteiger partial charge in [-0.05, 0) is 44.0 Å². The molecular formula is C15H24N2. The Hall–Kier alpha value is -1.02. The maximum absolute atomic E-state index is 5.87. The minimum Gasteiger partial charge on any atom is -0.399 e.